The van der Waals surface area contributed by atoms with Crippen molar-refractivity contribution >= 4 is 16.7 Å². The summed E-state index contributed by atoms with van der Waals surface area (Å²) in [7, 11) is 1.68. The highest BCUT2D eigenvalue weighted by atomic mass is 16.5. The van der Waals surface area contributed by atoms with Crippen LogP contribution < -0.4 is 0 Å². The van der Waals surface area contributed by atoms with E-state index in [2.05, 4.69) is 11.5 Å². The van der Waals surface area contributed by atoms with Gasteiger partial charge in [0.25, 0.3) is 0 Å². The normalized spacial score (nSPS) is 11.1. The van der Waals surface area contributed by atoms with Crippen LogP contribution in [0.1, 0.15) is 36.3 Å². The molecule has 1 aromatic heterocycles. The first-order valence-corrected chi connectivity index (χ1v) is 6.30. The van der Waals surface area contributed by atoms with Crippen LogP contribution in [0, 0.1) is 0 Å². The number of hydrogen-bond acceptors (Lipinski definition) is 2. The van der Waals surface area contributed by atoms with Crippen molar-refractivity contribution in [2.75, 3.05) is 7.11 Å². The Morgan fingerprint density at radius 2 is 2.06 bits per heavy atom. The van der Waals surface area contributed by atoms with Crippen LogP contribution in [0.5, 0.6) is 0 Å². The number of nitrogens with zero attached hydrogens (tertiary/aromatic N) is 1. The number of carbonyl (C=O) groups is 1. The van der Waals surface area contributed by atoms with E-state index in [1.165, 1.54) is 0 Å². The predicted octanol–water partition coefficient (Wildman–Crippen LogP) is 3.40. The Bertz CT molecular complexity index is 569. The molecule has 3 heteroatoms. The minimum absolute atomic E-state index is 0.129. The summed E-state index contributed by atoms with van der Waals surface area (Å²) in [6.07, 6.45) is 1.91. The molecule has 18 heavy (non-hydrogen) atoms. The van der Waals surface area contributed by atoms with Crippen molar-refractivity contribution in [3.8, 4) is 0 Å². The zero-order valence-corrected chi connectivity index (χ0v) is 11.2. The highest BCUT2D eigenvalue weighted by Gasteiger charge is 2.18. The molecule has 0 aliphatic rings. The topological polar surface area (TPSA) is 31.2 Å². The van der Waals surface area contributed by atoms with Crippen LogP contribution in [0.25, 0.3) is 10.9 Å². The van der Waals surface area contributed by atoms with Gasteiger partial charge in [0.2, 0.25) is 0 Å². The van der Waals surface area contributed by atoms with E-state index in [0.29, 0.717) is 6.73 Å². The molecule has 0 bridgehead atoms. The second-order valence-corrected chi connectivity index (χ2v) is 4.49. The van der Waals surface area contributed by atoms with E-state index >= 15 is 0 Å². The minimum atomic E-state index is 0.129. The SMILES string of the molecule is CCCc1c(C(C)=O)c2ccccc2n1COC. The number of rotatable bonds is 5. The van der Waals surface area contributed by atoms with E-state index in [-0.39, 0.29) is 5.78 Å². The molecule has 1 heterocycles. The molecular weight excluding hydrogens is 226 g/mol. The van der Waals surface area contributed by atoms with E-state index in [1.54, 1.807) is 14.0 Å². The third-order valence-electron chi connectivity index (χ3n) is 3.18. The van der Waals surface area contributed by atoms with E-state index < -0.39 is 0 Å². The van der Waals surface area contributed by atoms with Gasteiger partial charge in [-0.15, -0.1) is 0 Å². The largest absolute Gasteiger partial charge is 0.364 e. The molecule has 0 unspecified atom stereocenters. The summed E-state index contributed by atoms with van der Waals surface area (Å²) in [6.45, 7) is 4.25. The van der Waals surface area contributed by atoms with Gasteiger partial charge < -0.3 is 9.30 Å². The molecule has 2 aromatic rings. The summed E-state index contributed by atoms with van der Waals surface area (Å²) in [4.78, 5) is 11.9. The van der Waals surface area contributed by atoms with Gasteiger partial charge in [-0.2, -0.15) is 0 Å². The first kappa shape index (κ1) is 12.8. The van der Waals surface area contributed by atoms with Crippen molar-refractivity contribution in [1.82, 2.24) is 4.57 Å². The van der Waals surface area contributed by atoms with Gasteiger partial charge in [-0.1, -0.05) is 31.5 Å². The summed E-state index contributed by atoms with van der Waals surface area (Å²) in [5, 5.41) is 1.03. The van der Waals surface area contributed by atoms with Crippen molar-refractivity contribution in [3.05, 3.63) is 35.5 Å². The number of fused-ring (bicyclic) bond motifs is 1. The zero-order chi connectivity index (χ0) is 13.1. The first-order chi connectivity index (χ1) is 8.70. The number of Topliss-reactive ketones (excluding diaryl/α,β-unsaturated/α-hetero) is 1. The third-order valence-corrected chi connectivity index (χ3v) is 3.18. The Kier molecular flexibility index (Phi) is 3.82. The molecule has 3 nitrogen and oxygen atoms in total. The van der Waals surface area contributed by atoms with Gasteiger partial charge in [0, 0.05) is 23.8 Å². The van der Waals surface area contributed by atoms with E-state index in [9.17, 15) is 4.79 Å². The Hall–Kier alpha value is -1.61. The summed E-state index contributed by atoms with van der Waals surface area (Å²) in [5.74, 6) is 0.129. The zero-order valence-electron chi connectivity index (χ0n) is 11.2. The Morgan fingerprint density at radius 1 is 1.33 bits per heavy atom. The number of aromatic nitrogens is 1. The fourth-order valence-electron chi connectivity index (χ4n) is 2.52. The monoisotopic (exact) mass is 245 g/mol. The van der Waals surface area contributed by atoms with Gasteiger partial charge >= 0.3 is 0 Å². The second-order valence-electron chi connectivity index (χ2n) is 4.49. The van der Waals surface area contributed by atoms with Gasteiger partial charge in [-0.25, -0.2) is 0 Å². The summed E-state index contributed by atoms with van der Waals surface area (Å²) >= 11 is 0. The number of methoxy groups -OCH3 is 1. The van der Waals surface area contributed by atoms with Gasteiger partial charge in [-0.3, -0.25) is 4.79 Å². The number of carbonyl (C=O) groups excluding carboxylic acids is 1. The number of para-hydroxylation sites is 1. The van der Waals surface area contributed by atoms with E-state index in [1.807, 2.05) is 24.3 Å². The fourth-order valence-corrected chi connectivity index (χ4v) is 2.52. The van der Waals surface area contributed by atoms with Gasteiger partial charge in [0.15, 0.2) is 5.78 Å². The quantitative estimate of drug-likeness (QED) is 0.756. The van der Waals surface area contributed by atoms with Gasteiger partial charge in [0.1, 0.15) is 6.73 Å². The smallest absolute Gasteiger partial charge is 0.162 e. The molecule has 96 valence electrons. The van der Waals surface area contributed by atoms with Crippen LogP contribution in [0.15, 0.2) is 24.3 Å². The minimum Gasteiger partial charge on any atom is -0.364 e. The number of ether oxygens (including phenoxy) is 1. The summed E-state index contributed by atoms with van der Waals surface area (Å²) in [5.41, 5.74) is 3.02. The number of benzene rings is 1. The molecule has 0 atom stereocenters. The highest BCUT2D eigenvalue weighted by molar-refractivity contribution is 6.08. The standard InChI is InChI=1S/C15H19NO2/c1-4-7-14-15(11(2)17)12-8-5-6-9-13(12)16(14)10-18-3/h5-6,8-9H,4,7,10H2,1-3H3. The van der Waals surface area contributed by atoms with E-state index in [0.717, 1.165) is 35.0 Å². The molecule has 0 radical (unpaired) electrons. The fraction of sp³-hybridized carbons (Fsp3) is 0.400. The molecule has 0 fully saturated rings. The molecule has 0 spiro atoms. The van der Waals surface area contributed by atoms with E-state index in [4.69, 9.17) is 4.74 Å². The summed E-state index contributed by atoms with van der Waals surface area (Å²) in [6, 6.07) is 8.02. The molecule has 1 aromatic carbocycles. The van der Waals surface area contributed by atoms with Crippen LogP contribution in [0.2, 0.25) is 0 Å². The maximum atomic E-state index is 11.9. The predicted molar refractivity (Wildman–Crippen MR) is 72.9 cm³/mol. The molecule has 0 aliphatic heterocycles. The second kappa shape index (κ2) is 5.36. The highest BCUT2D eigenvalue weighted by Crippen LogP contribution is 2.27. The van der Waals surface area contributed by atoms with Crippen LogP contribution in [-0.2, 0) is 17.9 Å². The lowest BCUT2D eigenvalue weighted by atomic mass is 10.1. The number of hydrogen-bond donors (Lipinski definition) is 0. The lowest BCUT2D eigenvalue weighted by Crippen LogP contribution is -2.07. The van der Waals surface area contributed by atoms with Crippen molar-refractivity contribution in [1.29, 1.82) is 0 Å². The van der Waals surface area contributed by atoms with Crippen LogP contribution >= 0.6 is 0 Å². The summed E-state index contributed by atoms with van der Waals surface area (Å²) < 4.78 is 7.37. The average molecular weight is 245 g/mol. The Balaban J connectivity index is 2.76. The molecule has 2 rings (SSSR count). The Morgan fingerprint density at radius 3 is 2.67 bits per heavy atom. The van der Waals surface area contributed by atoms with Crippen LogP contribution in [-0.4, -0.2) is 17.5 Å². The molecule has 0 saturated heterocycles. The maximum Gasteiger partial charge on any atom is 0.162 e. The molecular formula is C15H19NO2. The molecule has 0 aliphatic carbocycles. The molecule has 0 N–H and O–H groups in total. The van der Waals surface area contributed by atoms with Crippen molar-refractivity contribution in [3.63, 3.8) is 0 Å². The van der Waals surface area contributed by atoms with Crippen molar-refractivity contribution < 1.29 is 9.53 Å². The van der Waals surface area contributed by atoms with Crippen molar-refractivity contribution in [2.45, 2.75) is 33.4 Å². The lowest BCUT2D eigenvalue weighted by Gasteiger charge is -2.09. The first-order valence-electron chi connectivity index (χ1n) is 6.30. The maximum absolute atomic E-state index is 11.9. The average Bonchev–Trinajstić information content (AvgIpc) is 2.65. The Labute approximate surface area is 107 Å². The molecule has 0 amide bonds. The molecule has 0 saturated carbocycles. The third kappa shape index (κ3) is 2.06. The number of ketones is 1. The van der Waals surface area contributed by atoms with Gasteiger partial charge in [0.05, 0.1) is 5.52 Å². The van der Waals surface area contributed by atoms with Crippen molar-refractivity contribution in [2.24, 2.45) is 0 Å². The van der Waals surface area contributed by atoms with Crippen LogP contribution in [0.3, 0.4) is 0 Å². The lowest BCUT2D eigenvalue weighted by molar-refractivity contribution is 0.101. The van der Waals surface area contributed by atoms with Gasteiger partial charge in [-0.05, 0) is 19.4 Å². The van der Waals surface area contributed by atoms with Crippen LogP contribution in [0.4, 0.5) is 0 Å².